The van der Waals surface area contributed by atoms with Gasteiger partial charge in [-0.05, 0) is 48.8 Å². The Morgan fingerprint density at radius 1 is 1.20 bits per heavy atom. The molecule has 1 heterocycles. The Kier molecular flexibility index (Phi) is 4.55. The summed E-state index contributed by atoms with van der Waals surface area (Å²) >= 11 is 0. The van der Waals surface area contributed by atoms with Gasteiger partial charge in [-0.15, -0.1) is 0 Å². The van der Waals surface area contributed by atoms with Crippen LogP contribution in [0, 0.1) is 12.8 Å². The predicted molar refractivity (Wildman–Crippen MR) is 82.4 cm³/mol. The molecular weight excluding hydrogens is 270 g/mol. The first kappa shape index (κ1) is 15.5. The number of nitrogens with zero attached hydrogens (tertiary/aromatic N) is 1. The van der Waals surface area contributed by atoms with Gasteiger partial charge in [-0.3, -0.25) is 0 Å². The van der Waals surface area contributed by atoms with Crippen LogP contribution in [0.1, 0.15) is 50.7 Å². The summed E-state index contributed by atoms with van der Waals surface area (Å²) in [5, 5.41) is 0. The average Bonchev–Trinajstić information content (AvgIpc) is 2.39. The van der Waals surface area contributed by atoms with Crippen LogP contribution in [0.3, 0.4) is 0 Å². The molecule has 112 valence electrons. The van der Waals surface area contributed by atoms with Gasteiger partial charge in [-0.25, -0.2) is 8.42 Å². The lowest BCUT2D eigenvalue weighted by Gasteiger charge is -2.30. The average molecular weight is 295 g/mol. The van der Waals surface area contributed by atoms with Crippen molar-refractivity contribution >= 4 is 10.0 Å². The number of hydrogen-bond acceptors (Lipinski definition) is 2. The van der Waals surface area contributed by atoms with Crippen LogP contribution in [0.2, 0.25) is 0 Å². The topological polar surface area (TPSA) is 37.4 Å². The lowest BCUT2D eigenvalue weighted by Crippen LogP contribution is -2.38. The van der Waals surface area contributed by atoms with Crippen molar-refractivity contribution in [2.24, 2.45) is 5.92 Å². The van der Waals surface area contributed by atoms with E-state index in [9.17, 15) is 8.42 Å². The molecule has 0 aliphatic carbocycles. The van der Waals surface area contributed by atoms with Gasteiger partial charge in [0.25, 0.3) is 0 Å². The second-order valence-corrected chi connectivity index (χ2v) is 8.17. The summed E-state index contributed by atoms with van der Waals surface area (Å²) in [6.07, 6.45) is 1.92. The number of aryl methyl sites for hydroxylation is 1. The highest BCUT2D eigenvalue weighted by atomic mass is 32.2. The first-order chi connectivity index (χ1) is 9.32. The summed E-state index contributed by atoms with van der Waals surface area (Å²) in [4.78, 5) is 0.484. The monoisotopic (exact) mass is 295 g/mol. The molecule has 0 aromatic heterocycles. The molecule has 1 saturated heterocycles. The fraction of sp³-hybridized carbons (Fsp3) is 0.625. The Morgan fingerprint density at radius 3 is 2.35 bits per heavy atom. The van der Waals surface area contributed by atoms with Crippen molar-refractivity contribution < 1.29 is 8.42 Å². The highest BCUT2D eigenvalue weighted by Gasteiger charge is 2.29. The molecule has 0 spiro atoms. The Hall–Kier alpha value is -0.870. The van der Waals surface area contributed by atoms with E-state index < -0.39 is 10.0 Å². The van der Waals surface area contributed by atoms with Crippen molar-refractivity contribution in [2.75, 3.05) is 13.1 Å². The lowest BCUT2D eigenvalue weighted by molar-refractivity contribution is 0.288. The van der Waals surface area contributed by atoms with Gasteiger partial charge in [0.2, 0.25) is 10.0 Å². The summed E-state index contributed by atoms with van der Waals surface area (Å²) in [6, 6.07) is 5.81. The van der Waals surface area contributed by atoms with Gasteiger partial charge in [0, 0.05) is 13.1 Å². The smallest absolute Gasteiger partial charge is 0.207 e. The van der Waals surface area contributed by atoms with Crippen LogP contribution >= 0.6 is 0 Å². The van der Waals surface area contributed by atoms with Crippen molar-refractivity contribution in [1.82, 2.24) is 4.31 Å². The molecule has 0 atom stereocenters. The number of piperidine rings is 1. The molecular formula is C16H25NO2S. The highest BCUT2D eigenvalue weighted by molar-refractivity contribution is 7.89. The van der Waals surface area contributed by atoms with E-state index in [-0.39, 0.29) is 0 Å². The number of benzene rings is 1. The van der Waals surface area contributed by atoms with Crippen LogP contribution < -0.4 is 0 Å². The van der Waals surface area contributed by atoms with Gasteiger partial charge >= 0.3 is 0 Å². The van der Waals surface area contributed by atoms with Crippen molar-refractivity contribution in [1.29, 1.82) is 0 Å². The van der Waals surface area contributed by atoms with Gasteiger partial charge in [0.15, 0.2) is 0 Å². The Labute approximate surface area is 123 Å². The van der Waals surface area contributed by atoms with E-state index in [0.29, 0.717) is 29.8 Å². The SMILES string of the molecule is Cc1ccc(C(C)C)cc1S(=O)(=O)N1CCC(C)CC1. The van der Waals surface area contributed by atoms with Crippen LogP contribution in [-0.2, 0) is 10.0 Å². The van der Waals surface area contributed by atoms with E-state index in [4.69, 9.17) is 0 Å². The number of sulfonamides is 1. The first-order valence-corrected chi connectivity index (χ1v) is 8.87. The third kappa shape index (κ3) is 3.07. The van der Waals surface area contributed by atoms with Gasteiger partial charge in [-0.2, -0.15) is 4.31 Å². The minimum atomic E-state index is -3.34. The minimum absolute atomic E-state index is 0.339. The van der Waals surface area contributed by atoms with Crippen LogP contribution in [0.5, 0.6) is 0 Å². The molecule has 3 nitrogen and oxygen atoms in total. The molecule has 1 aliphatic heterocycles. The summed E-state index contributed by atoms with van der Waals surface area (Å²) in [7, 11) is -3.34. The van der Waals surface area contributed by atoms with Gasteiger partial charge in [0.1, 0.15) is 0 Å². The molecule has 0 bridgehead atoms. The van der Waals surface area contributed by atoms with Crippen LogP contribution in [0.4, 0.5) is 0 Å². The highest BCUT2D eigenvalue weighted by Crippen LogP contribution is 2.27. The number of hydrogen-bond donors (Lipinski definition) is 0. The molecule has 0 amide bonds. The molecule has 1 aliphatic rings. The van der Waals surface area contributed by atoms with E-state index in [1.807, 2.05) is 25.1 Å². The zero-order valence-corrected chi connectivity index (χ0v) is 13.7. The number of rotatable bonds is 3. The standard InChI is InChI=1S/C16H25NO2S/c1-12(2)15-6-5-14(4)16(11-15)20(18,19)17-9-7-13(3)8-10-17/h5-6,11-13H,7-10H2,1-4H3. The van der Waals surface area contributed by atoms with Crippen molar-refractivity contribution in [3.8, 4) is 0 Å². The van der Waals surface area contributed by atoms with Crippen LogP contribution in [0.15, 0.2) is 23.1 Å². The zero-order valence-electron chi connectivity index (χ0n) is 12.9. The second-order valence-electron chi connectivity index (χ2n) is 6.27. The van der Waals surface area contributed by atoms with E-state index >= 15 is 0 Å². The summed E-state index contributed by atoms with van der Waals surface area (Å²) < 4.78 is 27.3. The van der Waals surface area contributed by atoms with Crippen LogP contribution in [-0.4, -0.2) is 25.8 Å². The molecule has 0 unspecified atom stereocenters. The van der Waals surface area contributed by atoms with Crippen LogP contribution in [0.25, 0.3) is 0 Å². The van der Waals surface area contributed by atoms with E-state index in [1.54, 1.807) is 4.31 Å². The Bertz CT molecular complexity index is 570. The molecule has 0 radical (unpaired) electrons. The molecule has 20 heavy (non-hydrogen) atoms. The molecule has 0 N–H and O–H groups in total. The van der Waals surface area contributed by atoms with E-state index in [0.717, 1.165) is 24.0 Å². The summed E-state index contributed by atoms with van der Waals surface area (Å²) in [6.45, 7) is 9.54. The van der Waals surface area contributed by atoms with Gasteiger partial charge in [-0.1, -0.05) is 32.9 Å². The van der Waals surface area contributed by atoms with Crippen molar-refractivity contribution in [2.45, 2.75) is 51.3 Å². The zero-order chi connectivity index (χ0) is 14.9. The maximum atomic E-state index is 12.8. The normalized spacial score (nSPS) is 18.6. The molecule has 2 rings (SSSR count). The maximum absolute atomic E-state index is 12.8. The van der Waals surface area contributed by atoms with E-state index in [2.05, 4.69) is 20.8 Å². The Balaban J connectivity index is 2.36. The lowest BCUT2D eigenvalue weighted by atomic mass is 10.0. The molecule has 4 heteroatoms. The van der Waals surface area contributed by atoms with Gasteiger partial charge in [0.05, 0.1) is 4.90 Å². The quantitative estimate of drug-likeness (QED) is 0.855. The largest absolute Gasteiger partial charge is 0.243 e. The summed E-state index contributed by atoms with van der Waals surface area (Å²) in [5.41, 5.74) is 1.92. The molecule has 0 saturated carbocycles. The fourth-order valence-corrected chi connectivity index (χ4v) is 4.35. The van der Waals surface area contributed by atoms with Crippen molar-refractivity contribution in [3.05, 3.63) is 29.3 Å². The maximum Gasteiger partial charge on any atom is 0.243 e. The molecule has 1 aromatic carbocycles. The third-order valence-corrected chi connectivity index (χ3v) is 6.28. The van der Waals surface area contributed by atoms with E-state index in [1.165, 1.54) is 0 Å². The molecule has 1 aromatic rings. The Morgan fingerprint density at radius 2 is 1.80 bits per heavy atom. The molecule has 1 fully saturated rings. The van der Waals surface area contributed by atoms with Gasteiger partial charge < -0.3 is 0 Å². The minimum Gasteiger partial charge on any atom is -0.207 e. The predicted octanol–water partition coefficient (Wildman–Crippen LogP) is 3.54. The second kappa shape index (κ2) is 5.86. The summed E-state index contributed by atoms with van der Waals surface area (Å²) in [5.74, 6) is 0.968. The van der Waals surface area contributed by atoms with Crippen molar-refractivity contribution in [3.63, 3.8) is 0 Å². The fourth-order valence-electron chi connectivity index (χ4n) is 2.62. The third-order valence-electron chi connectivity index (χ3n) is 4.24. The first-order valence-electron chi connectivity index (χ1n) is 7.43.